The Balaban J connectivity index is 1.57. The number of aromatic nitrogens is 2. The maximum absolute atomic E-state index is 14.3. The quantitative estimate of drug-likeness (QED) is 0.705. The molecule has 0 aliphatic carbocycles. The van der Waals surface area contributed by atoms with Crippen molar-refractivity contribution in [2.24, 2.45) is 0 Å². The third kappa shape index (κ3) is 4.46. The van der Waals surface area contributed by atoms with Crippen molar-refractivity contribution >= 4 is 6.03 Å². The van der Waals surface area contributed by atoms with Crippen LogP contribution in [0.4, 0.5) is 13.6 Å². The van der Waals surface area contributed by atoms with Crippen LogP contribution in [-0.2, 0) is 13.1 Å². The minimum Gasteiger partial charge on any atom is -0.494 e. The molecule has 28 heavy (non-hydrogen) atoms. The second kappa shape index (κ2) is 8.51. The molecule has 0 bridgehead atoms. The number of carbonyl (C=O) groups is 1. The van der Waals surface area contributed by atoms with Gasteiger partial charge in [-0.25, -0.2) is 18.6 Å². The highest BCUT2D eigenvalue weighted by Crippen LogP contribution is 2.18. The third-order valence-electron chi connectivity index (χ3n) is 4.22. The van der Waals surface area contributed by atoms with Gasteiger partial charge in [-0.3, -0.25) is 0 Å². The van der Waals surface area contributed by atoms with Gasteiger partial charge in [0.15, 0.2) is 11.6 Å². The highest BCUT2D eigenvalue weighted by Gasteiger charge is 2.12. The molecule has 0 spiro atoms. The summed E-state index contributed by atoms with van der Waals surface area (Å²) in [6.45, 7) is 0.391. The van der Waals surface area contributed by atoms with Crippen molar-refractivity contribution in [3.05, 3.63) is 77.9 Å². The molecule has 2 amide bonds. The molecule has 0 saturated heterocycles. The highest BCUT2D eigenvalue weighted by atomic mass is 19.1. The van der Waals surface area contributed by atoms with E-state index in [0.29, 0.717) is 16.8 Å². The van der Waals surface area contributed by atoms with Gasteiger partial charge in [0, 0.05) is 32.5 Å². The zero-order valence-corrected chi connectivity index (χ0v) is 15.5. The van der Waals surface area contributed by atoms with Crippen LogP contribution in [0.25, 0.3) is 5.69 Å². The summed E-state index contributed by atoms with van der Waals surface area (Å²) in [5.74, 6) is -0.744. The first-order valence-corrected chi connectivity index (χ1v) is 8.56. The summed E-state index contributed by atoms with van der Waals surface area (Å²) in [4.78, 5) is 17.6. The summed E-state index contributed by atoms with van der Waals surface area (Å²) in [7, 11) is 2.99. The Bertz CT molecular complexity index is 961. The summed E-state index contributed by atoms with van der Waals surface area (Å²) < 4.78 is 34.5. The molecule has 8 heteroatoms. The third-order valence-corrected chi connectivity index (χ3v) is 4.22. The number of hydrogen-bond donors (Lipinski definition) is 1. The van der Waals surface area contributed by atoms with Gasteiger partial charge < -0.3 is 19.5 Å². The number of benzene rings is 2. The number of amides is 2. The van der Waals surface area contributed by atoms with Gasteiger partial charge in [-0.1, -0.05) is 12.1 Å². The van der Waals surface area contributed by atoms with Crippen LogP contribution in [0, 0.1) is 11.6 Å². The van der Waals surface area contributed by atoms with E-state index in [1.807, 2.05) is 0 Å². The van der Waals surface area contributed by atoms with Crippen LogP contribution >= 0.6 is 0 Å². The lowest BCUT2D eigenvalue weighted by molar-refractivity contribution is 0.206. The van der Waals surface area contributed by atoms with Crippen molar-refractivity contribution in [2.75, 3.05) is 14.2 Å². The van der Waals surface area contributed by atoms with Gasteiger partial charge in [-0.15, -0.1) is 0 Å². The van der Waals surface area contributed by atoms with Crippen LogP contribution in [0.1, 0.15) is 11.1 Å². The number of carbonyl (C=O) groups excluding carboxylic acids is 1. The lowest BCUT2D eigenvalue weighted by Gasteiger charge is -2.18. The lowest BCUT2D eigenvalue weighted by Crippen LogP contribution is -2.36. The first-order chi connectivity index (χ1) is 13.5. The number of nitrogens with one attached hydrogen (secondary N) is 1. The fraction of sp³-hybridized carbons (Fsp3) is 0.200. The number of methoxy groups -OCH3 is 1. The number of halogens is 2. The fourth-order valence-electron chi connectivity index (χ4n) is 2.74. The van der Waals surface area contributed by atoms with E-state index >= 15 is 0 Å². The number of rotatable bonds is 6. The normalized spacial score (nSPS) is 10.6. The molecular formula is C20H20F2N4O2. The minimum absolute atomic E-state index is 0.150. The monoisotopic (exact) mass is 386 g/mol. The van der Waals surface area contributed by atoms with E-state index in [1.165, 1.54) is 36.5 Å². The molecule has 146 valence electrons. The van der Waals surface area contributed by atoms with E-state index in [0.717, 1.165) is 0 Å². The molecule has 0 aliphatic heterocycles. The molecule has 2 aromatic carbocycles. The average Bonchev–Trinajstić information content (AvgIpc) is 3.20. The van der Waals surface area contributed by atoms with Crippen molar-refractivity contribution in [1.82, 2.24) is 19.8 Å². The Morgan fingerprint density at radius 3 is 2.57 bits per heavy atom. The van der Waals surface area contributed by atoms with Crippen LogP contribution < -0.4 is 10.1 Å². The van der Waals surface area contributed by atoms with Gasteiger partial charge >= 0.3 is 6.03 Å². The first-order valence-electron chi connectivity index (χ1n) is 8.56. The van der Waals surface area contributed by atoms with Crippen molar-refractivity contribution in [1.29, 1.82) is 0 Å². The van der Waals surface area contributed by atoms with Gasteiger partial charge in [0.1, 0.15) is 5.82 Å². The molecule has 0 atom stereocenters. The van der Waals surface area contributed by atoms with Crippen molar-refractivity contribution in [2.45, 2.75) is 13.1 Å². The van der Waals surface area contributed by atoms with Crippen LogP contribution in [0.5, 0.6) is 5.75 Å². The van der Waals surface area contributed by atoms with E-state index in [2.05, 4.69) is 10.3 Å². The Hall–Kier alpha value is -3.42. The van der Waals surface area contributed by atoms with Crippen molar-refractivity contribution in [3.63, 3.8) is 0 Å². The second-order valence-corrected chi connectivity index (χ2v) is 6.24. The molecule has 3 aromatic rings. The van der Waals surface area contributed by atoms with Crippen LogP contribution in [-0.4, -0.2) is 34.6 Å². The van der Waals surface area contributed by atoms with Gasteiger partial charge in [-0.05, 0) is 35.4 Å². The predicted octanol–water partition coefficient (Wildman–Crippen LogP) is 3.50. The molecular weight excluding hydrogens is 366 g/mol. The Morgan fingerprint density at radius 2 is 1.93 bits per heavy atom. The molecule has 0 aliphatic rings. The fourth-order valence-corrected chi connectivity index (χ4v) is 2.74. The first kappa shape index (κ1) is 19.3. The molecule has 0 fully saturated rings. The summed E-state index contributed by atoms with van der Waals surface area (Å²) >= 11 is 0. The summed E-state index contributed by atoms with van der Waals surface area (Å²) in [6, 6.07) is 8.91. The van der Waals surface area contributed by atoms with Crippen LogP contribution in [0.2, 0.25) is 0 Å². The Morgan fingerprint density at radius 1 is 1.18 bits per heavy atom. The Kier molecular flexibility index (Phi) is 5.88. The number of urea groups is 1. The Labute approximate surface area is 161 Å². The van der Waals surface area contributed by atoms with Gasteiger partial charge in [-0.2, -0.15) is 0 Å². The molecule has 0 unspecified atom stereocenters. The number of nitrogens with zero attached hydrogens (tertiary/aromatic N) is 3. The molecule has 0 saturated carbocycles. The number of hydrogen-bond acceptors (Lipinski definition) is 3. The van der Waals surface area contributed by atoms with Crippen molar-refractivity contribution < 1.29 is 18.3 Å². The molecule has 6 nitrogen and oxygen atoms in total. The van der Waals surface area contributed by atoms with E-state index in [-0.39, 0.29) is 24.9 Å². The maximum Gasteiger partial charge on any atom is 0.317 e. The second-order valence-electron chi connectivity index (χ2n) is 6.24. The van der Waals surface area contributed by atoms with Gasteiger partial charge in [0.05, 0.1) is 19.1 Å². The number of ether oxygens (including phenoxy) is 1. The standard InChI is InChI=1S/C20H20F2N4O2/c1-25(12-15-4-6-19(28-2)17(22)10-15)20(27)24-11-14-3-5-18(16(21)9-14)26-8-7-23-13-26/h3-10,13H,11-12H2,1-2H3,(H,24,27). The van der Waals surface area contributed by atoms with E-state index in [1.54, 1.807) is 42.2 Å². The summed E-state index contributed by atoms with van der Waals surface area (Å²) in [5.41, 5.74) is 1.64. The SMILES string of the molecule is COc1ccc(CN(C)C(=O)NCc2ccc(-n3ccnc3)c(F)c2)cc1F. The summed E-state index contributed by atoms with van der Waals surface area (Å²) in [6.07, 6.45) is 4.73. The van der Waals surface area contributed by atoms with E-state index < -0.39 is 11.6 Å². The zero-order valence-electron chi connectivity index (χ0n) is 15.5. The average molecular weight is 386 g/mol. The molecule has 1 heterocycles. The van der Waals surface area contributed by atoms with E-state index in [4.69, 9.17) is 4.74 Å². The summed E-state index contributed by atoms with van der Waals surface area (Å²) in [5, 5.41) is 2.72. The molecule has 0 radical (unpaired) electrons. The number of imidazole rings is 1. The lowest BCUT2D eigenvalue weighted by atomic mass is 10.2. The van der Waals surface area contributed by atoms with Gasteiger partial charge in [0.2, 0.25) is 0 Å². The minimum atomic E-state index is -0.484. The molecule has 3 rings (SSSR count). The van der Waals surface area contributed by atoms with Crippen LogP contribution in [0.3, 0.4) is 0 Å². The molecule has 1 N–H and O–H groups in total. The van der Waals surface area contributed by atoms with Gasteiger partial charge in [0.25, 0.3) is 0 Å². The smallest absolute Gasteiger partial charge is 0.317 e. The topological polar surface area (TPSA) is 59.4 Å². The zero-order chi connectivity index (χ0) is 20.1. The van der Waals surface area contributed by atoms with E-state index in [9.17, 15) is 13.6 Å². The van der Waals surface area contributed by atoms with Crippen molar-refractivity contribution in [3.8, 4) is 11.4 Å². The highest BCUT2D eigenvalue weighted by molar-refractivity contribution is 5.73. The predicted molar refractivity (Wildman–Crippen MR) is 100 cm³/mol. The molecule has 1 aromatic heterocycles. The largest absolute Gasteiger partial charge is 0.494 e. The van der Waals surface area contributed by atoms with Crippen LogP contribution in [0.15, 0.2) is 55.1 Å². The maximum atomic E-state index is 14.3.